The quantitative estimate of drug-likeness (QED) is 0.821. The second-order valence-electron chi connectivity index (χ2n) is 7.28. The first-order valence-corrected chi connectivity index (χ1v) is 7.79. The highest BCUT2D eigenvalue weighted by Gasteiger charge is 2.35. The normalized spacial score (nSPS) is 16.2. The van der Waals surface area contributed by atoms with Gasteiger partial charge in [-0.05, 0) is 17.5 Å². The van der Waals surface area contributed by atoms with Crippen molar-refractivity contribution in [1.29, 1.82) is 0 Å². The number of ether oxygens (including phenoxy) is 2. The van der Waals surface area contributed by atoms with Crippen LogP contribution in [-0.4, -0.2) is 18.5 Å². The second-order valence-corrected chi connectivity index (χ2v) is 8.48. The van der Waals surface area contributed by atoms with E-state index in [0.717, 1.165) is 9.75 Å². The smallest absolute Gasteiger partial charge is 0.162 e. The number of aliphatic hydroxyl groups excluding tert-OH is 1. The van der Waals surface area contributed by atoms with Crippen LogP contribution in [0.15, 0.2) is 12.1 Å². The van der Waals surface area contributed by atoms with Gasteiger partial charge in [0.1, 0.15) is 0 Å². The molecular formula is C16H28O3S. The van der Waals surface area contributed by atoms with E-state index >= 15 is 0 Å². The number of rotatable bonds is 5. The molecule has 2 unspecified atom stereocenters. The maximum atomic E-state index is 9.24. The fourth-order valence-electron chi connectivity index (χ4n) is 2.06. The Morgan fingerprint density at radius 1 is 1.10 bits per heavy atom. The number of hydrogen-bond donors (Lipinski definition) is 1. The van der Waals surface area contributed by atoms with Crippen molar-refractivity contribution >= 4 is 11.3 Å². The van der Waals surface area contributed by atoms with Gasteiger partial charge in [0.2, 0.25) is 0 Å². The molecule has 0 saturated heterocycles. The molecule has 1 rings (SSSR count). The van der Waals surface area contributed by atoms with Gasteiger partial charge in [-0.2, -0.15) is 0 Å². The molecule has 2 atom stereocenters. The fourth-order valence-corrected chi connectivity index (χ4v) is 3.21. The molecule has 1 heterocycles. The standard InChI is InChI=1S/C16H28O3S/c1-15(2,3)13(12-9-8-11(10-17)20-12)19-14(18-7)16(4,5)6/h8-9,13-14,17H,10H2,1-7H3. The Kier molecular flexibility index (Phi) is 5.79. The summed E-state index contributed by atoms with van der Waals surface area (Å²) >= 11 is 1.60. The minimum absolute atomic E-state index is 0.0421. The van der Waals surface area contributed by atoms with Crippen molar-refractivity contribution in [2.75, 3.05) is 7.11 Å². The molecule has 20 heavy (non-hydrogen) atoms. The molecule has 0 aliphatic rings. The van der Waals surface area contributed by atoms with Crippen LogP contribution >= 0.6 is 11.3 Å². The van der Waals surface area contributed by atoms with Crippen LogP contribution in [0, 0.1) is 10.8 Å². The molecular weight excluding hydrogens is 272 g/mol. The molecule has 1 aromatic rings. The molecule has 116 valence electrons. The summed E-state index contributed by atoms with van der Waals surface area (Å²) in [4.78, 5) is 2.09. The lowest BCUT2D eigenvalue weighted by molar-refractivity contribution is -0.224. The molecule has 1 N–H and O–H groups in total. The first-order chi connectivity index (χ1) is 9.09. The molecule has 0 aliphatic heterocycles. The SMILES string of the molecule is COC(OC(c1ccc(CO)s1)C(C)(C)C)C(C)(C)C. The third kappa shape index (κ3) is 4.55. The van der Waals surface area contributed by atoms with Crippen LogP contribution in [0.5, 0.6) is 0 Å². The summed E-state index contributed by atoms with van der Waals surface area (Å²) in [6.07, 6.45) is -0.330. The summed E-state index contributed by atoms with van der Waals surface area (Å²) in [5.74, 6) is 0. The van der Waals surface area contributed by atoms with Crippen LogP contribution in [0.4, 0.5) is 0 Å². The van der Waals surface area contributed by atoms with Gasteiger partial charge >= 0.3 is 0 Å². The lowest BCUT2D eigenvalue weighted by Crippen LogP contribution is -2.35. The van der Waals surface area contributed by atoms with E-state index in [2.05, 4.69) is 41.5 Å². The summed E-state index contributed by atoms with van der Waals surface area (Å²) in [5, 5.41) is 9.24. The highest BCUT2D eigenvalue weighted by atomic mass is 32.1. The van der Waals surface area contributed by atoms with Gasteiger partial charge in [0.25, 0.3) is 0 Å². The molecule has 0 aromatic carbocycles. The van der Waals surface area contributed by atoms with E-state index in [4.69, 9.17) is 9.47 Å². The summed E-state index contributed by atoms with van der Waals surface area (Å²) in [6.45, 7) is 12.9. The van der Waals surface area contributed by atoms with E-state index in [-0.39, 0.29) is 29.8 Å². The summed E-state index contributed by atoms with van der Waals surface area (Å²) < 4.78 is 11.8. The van der Waals surface area contributed by atoms with Crippen molar-refractivity contribution in [2.45, 2.75) is 60.5 Å². The number of methoxy groups -OCH3 is 1. The van der Waals surface area contributed by atoms with Gasteiger partial charge in [0.05, 0.1) is 12.7 Å². The first kappa shape index (κ1) is 17.6. The van der Waals surface area contributed by atoms with E-state index in [9.17, 15) is 5.11 Å². The molecule has 0 fully saturated rings. The molecule has 0 saturated carbocycles. The largest absolute Gasteiger partial charge is 0.391 e. The average molecular weight is 300 g/mol. The highest BCUT2D eigenvalue weighted by molar-refractivity contribution is 7.12. The monoisotopic (exact) mass is 300 g/mol. The zero-order valence-electron chi connectivity index (χ0n) is 13.7. The Morgan fingerprint density at radius 2 is 1.70 bits per heavy atom. The first-order valence-electron chi connectivity index (χ1n) is 6.97. The summed E-state index contributed by atoms with van der Waals surface area (Å²) in [7, 11) is 1.68. The molecule has 3 nitrogen and oxygen atoms in total. The van der Waals surface area contributed by atoms with Gasteiger partial charge in [-0.3, -0.25) is 0 Å². The van der Waals surface area contributed by atoms with Crippen molar-refractivity contribution in [3.05, 3.63) is 21.9 Å². The van der Waals surface area contributed by atoms with Crippen LogP contribution in [0.2, 0.25) is 0 Å². The van der Waals surface area contributed by atoms with Gasteiger partial charge in [0.15, 0.2) is 6.29 Å². The van der Waals surface area contributed by atoms with E-state index in [1.54, 1.807) is 18.4 Å². The number of hydrogen-bond acceptors (Lipinski definition) is 4. The van der Waals surface area contributed by atoms with Crippen LogP contribution in [0.1, 0.15) is 57.4 Å². The molecule has 0 bridgehead atoms. The van der Waals surface area contributed by atoms with Crippen molar-refractivity contribution in [3.8, 4) is 0 Å². The number of aliphatic hydroxyl groups is 1. The topological polar surface area (TPSA) is 38.7 Å². The van der Waals surface area contributed by atoms with Crippen molar-refractivity contribution in [3.63, 3.8) is 0 Å². The van der Waals surface area contributed by atoms with E-state index < -0.39 is 0 Å². The van der Waals surface area contributed by atoms with Gasteiger partial charge in [-0.15, -0.1) is 11.3 Å². The molecule has 4 heteroatoms. The van der Waals surface area contributed by atoms with E-state index in [0.29, 0.717) is 0 Å². The summed E-state index contributed by atoms with van der Waals surface area (Å²) in [5.41, 5.74) is -0.130. The van der Waals surface area contributed by atoms with Gasteiger partial charge in [-0.25, -0.2) is 0 Å². The second kappa shape index (κ2) is 6.56. The van der Waals surface area contributed by atoms with E-state index in [1.807, 2.05) is 12.1 Å². The Hall–Kier alpha value is -0.420. The zero-order chi connectivity index (χ0) is 15.6. The molecule has 0 amide bonds. The fraction of sp³-hybridized carbons (Fsp3) is 0.750. The molecule has 1 aromatic heterocycles. The molecule has 0 spiro atoms. The van der Waals surface area contributed by atoms with Crippen LogP contribution in [0.3, 0.4) is 0 Å². The van der Waals surface area contributed by atoms with Gasteiger partial charge < -0.3 is 14.6 Å². The van der Waals surface area contributed by atoms with Crippen LogP contribution in [-0.2, 0) is 16.1 Å². The Bertz CT molecular complexity index is 412. The van der Waals surface area contributed by atoms with Gasteiger partial charge in [-0.1, -0.05) is 41.5 Å². The van der Waals surface area contributed by atoms with Crippen molar-refractivity contribution in [2.24, 2.45) is 10.8 Å². The molecule has 0 radical (unpaired) electrons. The number of thiophene rings is 1. The maximum Gasteiger partial charge on any atom is 0.162 e. The molecule has 0 aliphatic carbocycles. The van der Waals surface area contributed by atoms with Crippen molar-refractivity contribution < 1.29 is 14.6 Å². The van der Waals surface area contributed by atoms with E-state index in [1.165, 1.54) is 0 Å². The van der Waals surface area contributed by atoms with Crippen molar-refractivity contribution in [1.82, 2.24) is 0 Å². The maximum absolute atomic E-state index is 9.24. The minimum Gasteiger partial charge on any atom is -0.391 e. The predicted octanol–water partition coefficient (Wildman–Crippen LogP) is 4.36. The zero-order valence-corrected chi connectivity index (χ0v) is 14.5. The van der Waals surface area contributed by atoms with Gasteiger partial charge in [0, 0.05) is 22.3 Å². The highest BCUT2D eigenvalue weighted by Crippen LogP contribution is 2.42. The summed E-state index contributed by atoms with van der Waals surface area (Å²) in [6, 6.07) is 4.00. The van der Waals surface area contributed by atoms with Crippen LogP contribution < -0.4 is 0 Å². The Balaban J connectivity index is 3.02. The lowest BCUT2D eigenvalue weighted by Gasteiger charge is -2.37. The van der Waals surface area contributed by atoms with Crippen LogP contribution in [0.25, 0.3) is 0 Å². The average Bonchev–Trinajstić information content (AvgIpc) is 2.74. The Morgan fingerprint density at radius 3 is 2.05 bits per heavy atom. The lowest BCUT2D eigenvalue weighted by atomic mass is 9.87. The Labute approximate surface area is 126 Å². The third-order valence-electron chi connectivity index (χ3n) is 3.06. The predicted molar refractivity (Wildman–Crippen MR) is 83.8 cm³/mol. The third-order valence-corrected chi connectivity index (χ3v) is 4.18. The minimum atomic E-state index is -0.272.